The molecule has 2 N–H and O–H groups in total. The van der Waals surface area contributed by atoms with E-state index in [-0.39, 0.29) is 24.8 Å². The average molecular weight is 491 g/mol. The molecule has 1 atom stereocenters. The lowest BCUT2D eigenvalue weighted by Gasteiger charge is -2.14. The molecule has 0 radical (unpaired) electrons. The molecule has 0 unspecified atom stereocenters. The number of pyridine rings is 1. The number of nitrogens with one attached hydrogen (secondary N) is 2. The van der Waals surface area contributed by atoms with E-state index in [9.17, 15) is 9.18 Å². The van der Waals surface area contributed by atoms with Crippen LogP contribution >= 0.6 is 0 Å². The molecule has 184 valence electrons. The number of amides is 1. The number of nitrogens with zero attached hydrogens (tertiary/aromatic N) is 3. The second-order valence-corrected chi connectivity index (χ2v) is 7.96. The predicted molar refractivity (Wildman–Crippen MR) is 125 cm³/mol. The van der Waals surface area contributed by atoms with Gasteiger partial charge in [0.15, 0.2) is 23.4 Å². The monoisotopic (exact) mass is 491 g/mol. The van der Waals surface area contributed by atoms with Crippen molar-refractivity contribution in [2.75, 3.05) is 6.79 Å². The molecule has 5 rings (SSSR count). The molecule has 2 aromatic heterocycles. The molecule has 36 heavy (non-hydrogen) atoms. The van der Waals surface area contributed by atoms with Crippen LogP contribution in [-0.4, -0.2) is 32.9 Å². The van der Waals surface area contributed by atoms with Gasteiger partial charge >= 0.3 is 0 Å². The van der Waals surface area contributed by atoms with Gasteiger partial charge < -0.3 is 29.2 Å². The Morgan fingerprint density at radius 2 is 1.97 bits per heavy atom. The average Bonchev–Trinajstić information content (AvgIpc) is 3.52. The summed E-state index contributed by atoms with van der Waals surface area (Å²) in [7, 11) is 0. The number of benzene rings is 2. The van der Waals surface area contributed by atoms with Gasteiger partial charge in [-0.25, -0.2) is 9.37 Å². The molecule has 0 spiro atoms. The van der Waals surface area contributed by atoms with Crippen LogP contribution in [0.5, 0.6) is 28.9 Å². The molecule has 1 amide bonds. The second-order valence-electron chi connectivity index (χ2n) is 7.96. The molecular weight excluding hydrogens is 469 g/mol. The van der Waals surface area contributed by atoms with Crippen LogP contribution in [0.4, 0.5) is 4.39 Å². The molecule has 3 heterocycles. The van der Waals surface area contributed by atoms with E-state index >= 15 is 0 Å². The molecule has 1 aliphatic heterocycles. The van der Waals surface area contributed by atoms with E-state index in [0.29, 0.717) is 40.2 Å². The minimum Gasteiger partial charge on any atom is -0.483 e. The molecule has 2 aromatic carbocycles. The first kappa shape index (κ1) is 23.1. The summed E-state index contributed by atoms with van der Waals surface area (Å²) in [5, 5.41) is 10.6. The van der Waals surface area contributed by atoms with Crippen molar-refractivity contribution in [1.29, 1.82) is 0 Å². The highest BCUT2D eigenvalue weighted by Gasteiger charge is 2.18. The lowest BCUT2D eigenvalue weighted by atomic mass is 10.2. The van der Waals surface area contributed by atoms with Crippen molar-refractivity contribution in [2.45, 2.75) is 26.5 Å². The van der Waals surface area contributed by atoms with Crippen LogP contribution in [0.2, 0.25) is 0 Å². The zero-order valence-electron chi connectivity index (χ0n) is 19.4. The number of hydrogen-bond donors (Lipinski definition) is 2. The van der Waals surface area contributed by atoms with Gasteiger partial charge in [0.25, 0.3) is 5.91 Å². The van der Waals surface area contributed by atoms with Crippen molar-refractivity contribution in [3.05, 3.63) is 83.3 Å². The number of ether oxygens (including phenoxy) is 4. The van der Waals surface area contributed by atoms with Crippen molar-refractivity contribution in [2.24, 2.45) is 0 Å². The Bertz CT molecular complexity index is 1410. The van der Waals surface area contributed by atoms with Crippen molar-refractivity contribution >= 4 is 5.91 Å². The third kappa shape index (κ3) is 5.04. The molecule has 0 fully saturated rings. The first-order valence-corrected chi connectivity index (χ1v) is 11.1. The number of aromatic nitrogens is 4. The fourth-order valence-corrected chi connectivity index (χ4v) is 3.52. The van der Waals surface area contributed by atoms with Gasteiger partial charge in [-0.3, -0.25) is 4.79 Å². The van der Waals surface area contributed by atoms with Crippen LogP contribution in [-0.2, 0) is 6.54 Å². The van der Waals surface area contributed by atoms with Gasteiger partial charge in [0.05, 0.1) is 0 Å². The summed E-state index contributed by atoms with van der Waals surface area (Å²) in [6.07, 6.45) is 1.07. The van der Waals surface area contributed by atoms with Crippen molar-refractivity contribution in [3.8, 4) is 28.9 Å². The van der Waals surface area contributed by atoms with Gasteiger partial charge in [0, 0.05) is 30.4 Å². The zero-order valence-corrected chi connectivity index (χ0v) is 19.4. The van der Waals surface area contributed by atoms with Gasteiger partial charge in [-0.1, -0.05) is 6.07 Å². The number of carbonyl (C=O) groups excluding carboxylic acids is 1. The maximum absolute atomic E-state index is 14.7. The number of rotatable bonds is 8. The van der Waals surface area contributed by atoms with E-state index in [1.54, 1.807) is 56.3 Å². The largest absolute Gasteiger partial charge is 0.483 e. The van der Waals surface area contributed by atoms with Gasteiger partial charge in [0.1, 0.15) is 28.7 Å². The van der Waals surface area contributed by atoms with Crippen LogP contribution in [0, 0.1) is 12.7 Å². The Kier molecular flexibility index (Phi) is 6.35. The Morgan fingerprint density at radius 1 is 1.14 bits per heavy atom. The van der Waals surface area contributed by atoms with Crippen molar-refractivity contribution in [1.82, 2.24) is 25.5 Å². The Morgan fingerprint density at radius 3 is 2.78 bits per heavy atom. The highest BCUT2D eigenvalue weighted by molar-refractivity contribution is 5.96. The maximum Gasteiger partial charge on any atom is 0.257 e. The summed E-state index contributed by atoms with van der Waals surface area (Å²) in [5.41, 5.74) is 0.493. The quantitative estimate of drug-likeness (QED) is 0.376. The standard InChI is InChI=1S/C25H22FN5O5/c1-14(23-29-15(2)30-31-23)35-17-6-5-16(20(26)10-17)12-28-24(32)19-4-3-9-27-25(19)36-18-7-8-21-22(11-18)34-13-33-21/h3-11,14H,12-13H2,1-2H3,(H,28,32)(H,29,30,31)/t14-/m1/s1. The van der Waals surface area contributed by atoms with Gasteiger partial charge in [-0.05, 0) is 44.2 Å². The Balaban J connectivity index is 1.23. The smallest absolute Gasteiger partial charge is 0.257 e. The predicted octanol–water partition coefficient (Wildman–Crippen LogP) is 4.24. The summed E-state index contributed by atoms with van der Waals surface area (Å²) in [6.45, 7) is 3.66. The SMILES string of the molecule is Cc1nnc([C@@H](C)Oc2ccc(CNC(=O)c3cccnc3Oc3ccc4c(c3)OCO4)c(F)c2)[nH]1. The van der Waals surface area contributed by atoms with Crippen LogP contribution < -0.4 is 24.3 Å². The fraction of sp³-hybridized carbons (Fsp3) is 0.200. The lowest BCUT2D eigenvalue weighted by Crippen LogP contribution is -2.24. The van der Waals surface area contributed by atoms with E-state index < -0.39 is 17.8 Å². The first-order valence-electron chi connectivity index (χ1n) is 11.1. The number of H-pyrrole nitrogens is 1. The molecule has 0 saturated heterocycles. The molecule has 0 bridgehead atoms. The minimum absolute atomic E-state index is 0.0415. The number of halogens is 1. The molecule has 11 heteroatoms. The summed E-state index contributed by atoms with van der Waals surface area (Å²) in [5.74, 6) is 2.25. The number of aryl methyl sites for hydroxylation is 1. The van der Waals surface area contributed by atoms with Crippen LogP contribution in [0.25, 0.3) is 0 Å². The molecule has 10 nitrogen and oxygen atoms in total. The molecule has 0 aliphatic carbocycles. The summed E-state index contributed by atoms with van der Waals surface area (Å²) >= 11 is 0. The maximum atomic E-state index is 14.7. The second kappa shape index (κ2) is 9.90. The van der Waals surface area contributed by atoms with E-state index in [4.69, 9.17) is 18.9 Å². The van der Waals surface area contributed by atoms with E-state index in [2.05, 4.69) is 25.5 Å². The van der Waals surface area contributed by atoms with E-state index in [1.165, 1.54) is 12.3 Å². The molecule has 1 aliphatic rings. The van der Waals surface area contributed by atoms with Crippen LogP contribution in [0.3, 0.4) is 0 Å². The number of carbonyl (C=O) groups is 1. The lowest BCUT2D eigenvalue weighted by molar-refractivity contribution is 0.0947. The highest BCUT2D eigenvalue weighted by Crippen LogP contribution is 2.36. The molecular formula is C25H22FN5O5. The van der Waals surface area contributed by atoms with E-state index in [0.717, 1.165) is 0 Å². The normalized spacial score (nSPS) is 12.8. The summed E-state index contributed by atoms with van der Waals surface area (Å²) < 4.78 is 36.9. The minimum atomic E-state index is -0.517. The van der Waals surface area contributed by atoms with Gasteiger partial charge in [-0.15, -0.1) is 10.2 Å². The fourth-order valence-electron chi connectivity index (χ4n) is 3.52. The summed E-state index contributed by atoms with van der Waals surface area (Å²) in [4.78, 5) is 20.0. The first-order chi connectivity index (χ1) is 17.5. The van der Waals surface area contributed by atoms with Gasteiger partial charge in [0.2, 0.25) is 12.7 Å². The third-order valence-corrected chi connectivity index (χ3v) is 5.35. The highest BCUT2D eigenvalue weighted by atomic mass is 19.1. The number of aromatic amines is 1. The summed E-state index contributed by atoms with van der Waals surface area (Å²) in [6, 6.07) is 12.7. The van der Waals surface area contributed by atoms with Crippen LogP contribution in [0.1, 0.15) is 40.6 Å². The Hall–Kier alpha value is -4.67. The molecule has 0 saturated carbocycles. The van der Waals surface area contributed by atoms with E-state index in [1.807, 2.05) is 0 Å². The third-order valence-electron chi connectivity index (χ3n) is 5.35. The molecule has 4 aromatic rings. The van der Waals surface area contributed by atoms with Gasteiger partial charge in [-0.2, -0.15) is 0 Å². The van der Waals surface area contributed by atoms with Crippen molar-refractivity contribution < 1.29 is 28.1 Å². The number of fused-ring (bicyclic) bond motifs is 1. The Labute approximate surface area is 205 Å². The zero-order chi connectivity index (χ0) is 25.1. The topological polar surface area (TPSA) is 120 Å². The van der Waals surface area contributed by atoms with Crippen LogP contribution in [0.15, 0.2) is 54.7 Å². The number of hydrogen-bond acceptors (Lipinski definition) is 8. The van der Waals surface area contributed by atoms with Crippen molar-refractivity contribution in [3.63, 3.8) is 0 Å².